The molecule has 0 bridgehead atoms. The van der Waals surface area contributed by atoms with E-state index in [1.807, 2.05) is 13.1 Å². The minimum absolute atomic E-state index is 0.0366. The van der Waals surface area contributed by atoms with Gasteiger partial charge in [-0.15, -0.1) is 11.3 Å². The summed E-state index contributed by atoms with van der Waals surface area (Å²) in [6.45, 7) is 13.5. The van der Waals surface area contributed by atoms with Gasteiger partial charge in [0, 0.05) is 24.2 Å². The van der Waals surface area contributed by atoms with E-state index in [0.29, 0.717) is 11.8 Å². The number of thiophene rings is 1. The number of aromatic nitrogens is 3. The number of halogens is 5. The van der Waals surface area contributed by atoms with Crippen LogP contribution in [0.1, 0.15) is 46.4 Å². The topological polar surface area (TPSA) is 133 Å². The molecule has 11 nitrogen and oxygen atoms in total. The third-order valence-electron chi connectivity index (χ3n) is 8.67. The first-order valence-electron chi connectivity index (χ1n) is 15.3. The lowest BCUT2D eigenvalue weighted by molar-refractivity contribution is -0.0500. The quantitative estimate of drug-likeness (QED) is 0.0776. The standard InChI is InChI=1S/C31H35F5N4O7S2Si/c1-16-13-39(29(41)42)14-19-12-22(38-40(16)19)26-25(27-20(8-9-48-27)28(37-26)46-49(43,44)31(34,35)36)24-21(33)10-18(32)11-23(24)45-15-17(2)47-50(6,7)30(3,4)5/h8-12,16-17H,13-15H2,1-7H3,(H,41,42)/t16-,17?/m0/s1. The van der Waals surface area contributed by atoms with Gasteiger partial charge in [0.25, 0.3) is 0 Å². The second-order valence-corrected chi connectivity index (χ2v) is 20.7. The van der Waals surface area contributed by atoms with E-state index in [0.717, 1.165) is 22.3 Å². The van der Waals surface area contributed by atoms with Gasteiger partial charge in [-0.1, -0.05) is 20.8 Å². The molecule has 0 saturated heterocycles. The average molecular weight is 763 g/mol. The summed E-state index contributed by atoms with van der Waals surface area (Å²) in [5, 5.41) is 15.2. The molecule has 1 aliphatic rings. The van der Waals surface area contributed by atoms with Crippen molar-refractivity contribution in [2.75, 3.05) is 13.2 Å². The summed E-state index contributed by atoms with van der Waals surface area (Å²) in [6.07, 6.45) is -1.71. The summed E-state index contributed by atoms with van der Waals surface area (Å²) in [5.74, 6) is -3.32. The number of pyridine rings is 1. The number of hydrogen-bond acceptors (Lipinski definition) is 9. The predicted octanol–water partition coefficient (Wildman–Crippen LogP) is 8.18. The maximum atomic E-state index is 16.1. The van der Waals surface area contributed by atoms with Gasteiger partial charge in [0.15, 0.2) is 8.32 Å². The Morgan fingerprint density at radius 1 is 1.16 bits per heavy atom. The fourth-order valence-electron chi connectivity index (χ4n) is 5.31. The number of ether oxygens (including phenoxy) is 1. The van der Waals surface area contributed by atoms with Gasteiger partial charge in [0.1, 0.15) is 35.4 Å². The van der Waals surface area contributed by atoms with Crippen molar-refractivity contribution in [2.45, 2.75) is 76.9 Å². The number of hydrogen-bond donors (Lipinski definition) is 1. The molecule has 0 saturated carbocycles. The van der Waals surface area contributed by atoms with Crippen LogP contribution in [0, 0.1) is 11.6 Å². The van der Waals surface area contributed by atoms with E-state index in [9.17, 15) is 35.9 Å². The van der Waals surface area contributed by atoms with Gasteiger partial charge in [-0.25, -0.2) is 18.6 Å². The molecular formula is C31H35F5N4O7S2Si. The van der Waals surface area contributed by atoms with E-state index >= 15 is 4.39 Å². The number of nitrogens with zero attached hydrogens (tertiary/aromatic N) is 4. The number of fused-ring (bicyclic) bond motifs is 2. The molecule has 4 aromatic rings. The molecular weight excluding hydrogens is 728 g/mol. The number of alkyl halides is 3. The summed E-state index contributed by atoms with van der Waals surface area (Å²) in [4.78, 5) is 17.1. The zero-order valence-corrected chi connectivity index (χ0v) is 30.7. The first-order chi connectivity index (χ1) is 23.0. The molecule has 0 spiro atoms. The lowest BCUT2D eigenvalue weighted by Gasteiger charge is -2.38. The number of rotatable bonds is 9. The lowest BCUT2D eigenvalue weighted by Crippen LogP contribution is -2.44. The lowest BCUT2D eigenvalue weighted by atomic mass is 9.98. The van der Waals surface area contributed by atoms with Gasteiger partial charge in [-0.3, -0.25) is 4.68 Å². The van der Waals surface area contributed by atoms with Crippen molar-refractivity contribution in [2.24, 2.45) is 0 Å². The second kappa shape index (κ2) is 13.1. The minimum Gasteiger partial charge on any atom is -0.490 e. The fraction of sp³-hybridized carbons (Fsp3) is 0.452. The van der Waals surface area contributed by atoms with Crippen molar-refractivity contribution < 1.29 is 53.6 Å². The first-order valence-corrected chi connectivity index (χ1v) is 20.5. The van der Waals surface area contributed by atoms with Crippen LogP contribution >= 0.6 is 11.3 Å². The van der Waals surface area contributed by atoms with Crippen LogP contribution in [-0.2, 0) is 21.1 Å². The van der Waals surface area contributed by atoms with Crippen LogP contribution in [0.3, 0.4) is 0 Å². The Labute approximate surface area is 289 Å². The van der Waals surface area contributed by atoms with Crippen molar-refractivity contribution in [3.8, 4) is 34.1 Å². The van der Waals surface area contributed by atoms with Gasteiger partial charge < -0.3 is 23.4 Å². The normalized spacial score (nSPS) is 16.4. The highest BCUT2D eigenvalue weighted by molar-refractivity contribution is 7.88. The molecule has 50 heavy (non-hydrogen) atoms. The van der Waals surface area contributed by atoms with Gasteiger partial charge in [0.05, 0.1) is 40.0 Å². The Hall–Kier alpha value is -3.81. The van der Waals surface area contributed by atoms with E-state index in [2.05, 4.69) is 35.0 Å². The third-order valence-corrected chi connectivity index (χ3v) is 15.2. The molecule has 1 amide bonds. The molecule has 5 rings (SSSR count). The Morgan fingerprint density at radius 3 is 2.46 bits per heavy atom. The van der Waals surface area contributed by atoms with E-state index in [4.69, 9.17) is 9.16 Å². The van der Waals surface area contributed by atoms with E-state index in [1.165, 1.54) is 22.2 Å². The molecule has 19 heteroatoms. The van der Waals surface area contributed by atoms with E-state index < -0.39 is 59.7 Å². The van der Waals surface area contributed by atoms with Crippen LogP contribution < -0.4 is 8.92 Å². The molecule has 2 atom stereocenters. The van der Waals surface area contributed by atoms with E-state index in [1.54, 1.807) is 13.8 Å². The number of carbonyl (C=O) groups is 1. The molecule has 0 radical (unpaired) electrons. The average Bonchev–Trinajstić information content (AvgIpc) is 3.63. The molecule has 4 heterocycles. The van der Waals surface area contributed by atoms with Crippen molar-refractivity contribution in [3.05, 3.63) is 47.0 Å². The van der Waals surface area contributed by atoms with Crippen LogP contribution in [-0.4, -0.2) is 72.4 Å². The van der Waals surface area contributed by atoms with Crippen LogP contribution in [0.25, 0.3) is 32.6 Å². The summed E-state index contributed by atoms with van der Waals surface area (Å²) in [7, 11) is -8.48. The maximum Gasteiger partial charge on any atom is 0.534 e. The second-order valence-electron chi connectivity index (χ2n) is 13.5. The van der Waals surface area contributed by atoms with Crippen molar-refractivity contribution in [1.29, 1.82) is 0 Å². The monoisotopic (exact) mass is 762 g/mol. The Balaban J connectivity index is 1.72. The smallest absolute Gasteiger partial charge is 0.490 e. The predicted molar refractivity (Wildman–Crippen MR) is 178 cm³/mol. The van der Waals surface area contributed by atoms with Crippen LogP contribution in [0.4, 0.5) is 26.7 Å². The highest BCUT2D eigenvalue weighted by Gasteiger charge is 2.49. The molecule has 0 aliphatic carbocycles. The number of benzene rings is 1. The van der Waals surface area contributed by atoms with Crippen molar-refractivity contribution in [1.82, 2.24) is 19.7 Å². The molecule has 3 aromatic heterocycles. The van der Waals surface area contributed by atoms with Gasteiger partial charge in [-0.2, -0.15) is 26.7 Å². The molecule has 272 valence electrons. The summed E-state index contributed by atoms with van der Waals surface area (Å²) >= 11 is 0.910. The zero-order chi connectivity index (χ0) is 37.1. The molecule has 1 unspecified atom stereocenters. The highest BCUT2D eigenvalue weighted by Crippen LogP contribution is 2.48. The van der Waals surface area contributed by atoms with Crippen molar-refractivity contribution >= 4 is 46.0 Å². The van der Waals surface area contributed by atoms with Gasteiger partial charge >= 0.3 is 21.7 Å². The molecule has 1 N–H and O–H groups in total. The van der Waals surface area contributed by atoms with Crippen LogP contribution in [0.5, 0.6) is 11.6 Å². The van der Waals surface area contributed by atoms with Crippen LogP contribution in [0.2, 0.25) is 18.1 Å². The zero-order valence-electron chi connectivity index (χ0n) is 28.1. The van der Waals surface area contributed by atoms with E-state index in [-0.39, 0.29) is 63.1 Å². The number of carboxylic acid groups (broad SMARTS) is 1. The number of amides is 1. The highest BCUT2D eigenvalue weighted by atomic mass is 32.2. The SMILES string of the molecule is CC(COc1cc(F)cc(F)c1-c1c(-c2cc3n(n2)[C@@H](C)CN(C(=O)O)C3)nc(OS(=O)(=O)C(F)(F)F)c2ccsc12)O[Si](C)(C)C(C)(C)C. The Morgan fingerprint density at radius 2 is 1.84 bits per heavy atom. The summed E-state index contributed by atoms with van der Waals surface area (Å²) in [6, 6.07) is 3.72. The summed E-state index contributed by atoms with van der Waals surface area (Å²) in [5.41, 5.74) is -6.22. The Kier molecular flexibility index (Phi) is 9.78. The first kappa shape index (κ1) is 37.4. The minimum atomic E-state index is -6.20. The van der Waals surface area contributed by atoms with Crippen LogP contribution in [0.15, 0.2) is 29.6 Å². The largest absolute Gasteiger partial charge is 0.534 e. The fourth-order valence-corrected chi connectivity index (χ4v) is 8.10. The summed E-state index contributed by atoms with van der Waals surface area (Å²) < 4.78 is 114. The molecule has 1 aromatic carbocycles. The molecule has 1 aliphatic heterocycles. The maximum absolute atomic E-state index is 16.1. The third kappa shape index (κ3) is 7.17. The molecule has 0 fully saturated rings. The van der Waals surface area contributed by atoms with Gasteiger partial charge in [-0.05, 0) is 49.5 Å². The van der Waals surface area contributed by atoms with Crippen molar-refractivity contribution in [3.63, 3.8) is 0 Å². The van der Waals surface area contributed by atoms with Gasteiger partial charge in [0.2, 0.25) is 5.88 Å². The Bertz CT molecular complexity index is 2060.